The molecule has 0 aliphatic carbocycles. The Bertz CT molecular complexity index is 591. The Morgan fingerprint density at radius 2 is 2.05 bits per heavy atom. The van der Waals surface area contributed by atoms with Gasteiger partial charge in [0.2, 0.25) is 11.8 Å². The zero-order valence-corrected chi connectivity index (χ0v) is 13.6. The smallest absolute Gasteiger partial charge is 0.229 e. The van der Waals surface area contributed by atoms with Crippen LogP contribution in [0.4, 0.5) is 5.69 Å². The number of hydrogen-bond acceptors (Lipinski definition) is 4. The monoisotopic (exact) mass is 326 g/mol. The highest BCUT2D eigenvalue weighted by Gasteiger charge is 2.33. The number of carbonyl (C=O) groups is 2. The molecule has 1 aliphatic heterocycles. The number of nitrogens with one attached hydrogen (secondary N) is 1. The molecule has 7 heteroatoms. The third-order valence-corrected chi connectivity index (χ3v) is 3.99. The van der Waals surface area contributed by atoms with Crippen molar-refractivity contribution in [2.75, 3.05) is 32.6 Å². The van der Waals surface area contributed by atoms with Gasteiger partial charge in [0, 0.05) is 31.6 Å². The number of amides is 2. The summed E-state index contributed by atoms with van der Waals surface area (Å²) in [7, 11) is 2.99. The average Bonchev–Trinajstić information content (AvgIpc) is 2.89. The summed E-state index contributed by atoms with van der Waals surface area (Å²) >= 11 is 6.03. The van der Waals surface area contributed by atoms with E-state index in [1.165, 1.54) is 14.2 Å². The molecule has 22 heavy (non-hydrogen) atoms. The van der Waals surface area contributed by atoms with Crippen molar-refractivity contribution in [2.24, 2.45) is 5.92 Å². The lowest BCUT2D eigenvalue weighted by Gasteiger charge is -2.16. The van der Waals surface area contributed by atoms with E-state index in [0.717, 1.165) is 0 Å². The Balaban J connectivity index is 2.16. The quantitative estimate of drug-likeness (QED) is 0.900. The summed E-state index contributed by atoms with van der Waals surface area (Å²) in [5.41, 5.74) is 0.469. The van der Waals surface area contributed by atoms with Gasteiger partial charge in [-0.3, -0.25) is 9.59 Å². The molecular weight excluding hydrogens is 308 g/mol. The number of carbonyl (C=O) groups excluding carboxylic acids is 2. The number of halogens is 1. The summed E-state index contributed by atoms with van der Waals surface area (Å²) in [6, 6.07) is 3.18. The number of likely N-dealkylation sites (tertiary alicyclic amines) is 1. The molecule has 0 radical (unpaired) electrons. The fourth-order valence-corrected chi connectivity index (χ4v) is 2.68. The van der Waals surface area contributed by atoms with Crippen molar-refractivity contribution >= 4 is 29.1 Å². The Morgan fingerprint density at radius 3 is 2.59 bits per heavy atom. The highest BCUT2D eigenvalue weighted by Crippen LogP contribution is 2.36. The van der Waals surface area contributed by atoms with Crippen LogP contribution in [-0.2, 0) is 9.59 Å². The highest BCUT2D eigenvalue weighted by atomic mass is 35.5. The van der Waals surface area contributed by atoms with Crippen molar-refractivity contribution < 1.29 is 19.1 Å². The number of methoxy groups -OCH3 is 2. The first-order valence-corrected chi connectivity index (χ1v) is 7.38. The molecule has 0 spiro atoms. The van der Waals surface area contributed by atoms with Gasteiger partial charge in [0.1, 0.15) is 11.5 Å². The van der Waals surface area contributed by atoms with E-state index in [1.54, 1.807) is 17.0 Å². The highest BCUT2D eigenvalue weighted by molar-refractivity contribution is 6.32. The lowest BCUT2D eigenvalue weighted by atomic mass is 10.1. The van der Waals surface area contributed by atoms with Gasteiger partial charge in [-0.15, -0.1) is 0 Å². The van der Waals surface area contributed by atoms with Crippen LogP contribution in [0.1, 0.15) is 13.3 Å². The first-order chi connectivity index (χ1) is 10.5. The molecule has 2 rings (SSSR count). The number of nitrogens with zero attached hydrogens (tertiary/aromatic N) is 1. The number of benzene rings is 1. The van der Waals surface area contributed by atoms with Gasteiger partial charge in [0.25, 0.3) is 0 Å². The largest absolute Gasteiger partial charge is 0.495 e. The summed E-state index contributed by atoms with van der Waals surface area (Å²) in [5, 5.41) is 3.18. The number of hydrogen-bond donors (Lipinski definition) is 1. The Kier molecular flexibility index (Phi) is 5.13. The van der Waals surface area contributed by atoms with Crippen molar-refractivity contribution in [3.05, 3.63) is 17.2 Å². The van der Waals surface area contributed by atoms with Crippen LogP contribution in [0.2, 0.25) is 5.02 Å². The number of rotatable bonds is 5. The minimum absolute atomic E-state index is 0.00306. The molecule has 1 saturated heterocycles. The molecule has 1 heterocycles. The molecule has 2 amide bonds. The Morgan fingerprint density at radius 1 is 1.36 bits per heavy atom. The van der Waals surface area contributed by atoms with Gasteiger partial charge < -0.3 is 19.7 Å². The van der Waals surface area contributed by atoms with Crippen LogP contribution in [0.5, 0.6) is 11.5 Å². The van der Waals surface area contributed by atoms with E-state index >= 15 is 0 Å². The molecule has 1 aromatic rings. The minimum Gasteiger partial charge on any atom is -0.495 e. The second-order valence-electron chi connectivity index (χ2n) is 5.01. The van der Waals surface area contributed by atoms with Crippen molar-refractivity contribution in [1.82, 2.24) is 4.90 Å². The van der Waals surface area contributed by atoms with Gasteiger partial charge in [0.05, 0.1) is 30.8 Å². The van der Waals surface area contributed by atoms with Crippen LogP contribution in [0.25, 0.3) is 0 Å². The molecule has 1 atom stereocenters. The van der Waals surface area contributed by atoms with Crippen LogP contribution in [0, 0.1) is 5.92 Å². The minimum atomic E-state index is -0.362. The van der Waals surface area contributed by atoms with E-state index in [2.05, 4.69) is 5.32 Å². The molecule has 0 saturated carbocycles. The van der Waals surface area contributed by atoms with E-state index in [9.17, 15) is 9.59 Å². The maximum absolute atomic E-state index is 12.4. The molecule has 1 fully saturated rings. The Hall–Kier alpha value is -1.95. The maximum Gasteiger partial charge on any atom is 0.229 e. The Labute approximate surface area is 134 Å². The van der Waals surface area contributed by atoms with Gasteiger partial charge in [-0.05, 0) is 6.92 Å². The van der Waals surface area contributed by atoms with Crippen molar-refractivity contribution in [3.63, 3.8) is 0 Å². The second-order valence-corrected chi connectivity index (χ2v) is 5.42. The van der Waals surface area contributed by atoms with Crippen molar-refractivity contribution in [1.29, 1.82) is 0 Å². The van der Waals surface area contributed by atoms with Crippen LogP contribution in [-0.4, -0.2) is 44.0 Å². The zero-order valence-electron chi connectivity index (χ0n) is 12.8. The molecule has 1 aliphatic rings. The first kappa shape index (κ1) is 16.4. The summed E-state index contributed by atoms with van der Waals surface area (Å²) < 4.78 is 10.4. The van der Waals surface area contributed by atoms with Gasteiger partial charge in [0.15, 0.2) is 0 Å². The third-order valence-electron chi connectivity index (χ3n) is 3.70. The molecule has 1 aromatic carbocycles. The summed E-state index contributed by atoms with van der Waals surface area (Å²) in [6.07, 6.45) is 0.229. The summed E-state index contributed by atoms with van der Waals surface area (Å²) in [6.45, 7) is 2.94. The second kappa shape index (κ2) is 6.87. The topological polar surface area (TPSA) is 67.9 Å². The SMILES string of the molecule is CCN1CC(C(=O)Nc2cc(OC)c(Cl)cc2OC)CC1=O. The van der Waals surface area contributed by atoms with Gasteiger partial charge >= 0.3 is 0 Å². The van der Waals surface area contributed by atoms with Crippen molar-refractivity contribution in [2.45, 2.75) is 13.3 Å². The normalized spacial score (nSPS) is 17.5. The average molecular weight is 327 g/mol. The van der Waals surface area contributed by atoms with Crippen LogP contribution >= 0.6 is 11.6 Å². The molecule has 1 N–H and O–H groups in total. The van der Waals surface area contributed by atoms with Gasteiger partial charge in [-0.1, -0.05) is 11.6 Å². The summed E-state index contributed by atoms with van der Waals surface area (Å²) in [5.74, 6) is 0.306. The molecule has 0 aromatic heterocycles. The van der Waals surface area contributed by atoms with Crippen LogP contribution in [0.15, 0.2) is 12.1 Å². The van der Waals surface area contributed by atoms with Crippen molar-refractivity contribution in [3.8, 4) is 11.5 Å². The fraction of sp³-hybridized carbons (Fsp3) is 0.467. The predicted octanol–water partition coefficient (Wildman–Crippen LogP) is 2.16. The number of ether oxygens (including phenoxy) is 2. The zero-order chi connectivity index (χ0) is 16.3. The van der Waals surface area contributed by atoms with Gasteiger partial charge in [-0.2, -0.15) is 0 Å². The van der Waals surface area contributed by atoms with Crippen LogP contribution < -0.4 is 14.8 Å². The molecular formula is C15H19ClN2O4. The van der Waals surface area contributed by atoms with Crippen LogP contribution in [0.3, 0.4) is 0 Å². The predicted molar refractivity (Wildman–Crippen MR) is 83.5 cm³/mol. The van der Waals surface area contributed by atoms with E-state index in [4.69, 9.17) is 21.1 Å². The number of anilines is 1. The lowest BCUT2D eigenvalue weighted by molar-refractivity contribution is -0.128. The van der Waals surface area contributed by atoms with E-state index in [0.29, 0.717) is 35.3 Å². The fourth-order valence-electron chi connectivity index (χ4n) is 2.45. The van der Waals surface area contributed by atoms with E-state index in [1.807, 2.05) is 6.92 Å². The standard InChI is InChI=1S/C15H19ClN2O4/c1-4-18-8-9(5-14(18)19)15(20)17-11-7-12(21-2)10(16)6-13(11)22-3/h6-7,9H,4-5,8H2,1-3H3,(H,17,20). The van der Waals surface area contributed by atoms with E-state index < -0.39 is 0 Å². The maximum atomic E-state index is 12.4. The first-order valence-electron chi connectivity index (χ1n) is 7.00. The molecule has 0 bridgehead atoms. The van der Waals surface area contributed by atoms with E-state index in [-0.39, 0.29) is 24.2 Å². The molecule has 120 valence electrons. The molecule has 1 unspecified atom stereocenters. The lowest BCUT2D eigenvalue weighted by Crippen LogP contribution is -2.28. The third kappa shape index (κ3) is 3.27. The van der Waals surface area contributed by atoms with Gasteiger partial charge in [-0.25, -0.2) is 0 Å². The molecule has 6 nitrogen and oxygen atoms in total. The summed E-state index contributed by atoms with van der Waals surface area (Å²) in [4.78, 5) is 25.8.